The second kappa shape index (κ2) is 6.12. The second-order valence-corrected chi connectivity index (χ2v) is 5.02. The standard InChI is InChI=1S/C17H18N2O/c1-12(2)13-4-3-5-15(10-13)20-16-6-7-17(19)14(11-16)8-9-18/h3-7,10-12H,8,19H2,1-2H3. The van der Waals surface area contributed by atoms with Gasteiger partial charge < -0.3 is 10.5 Å². The summed E-state index contributed by atoms with van der Waals surface area (Å²) in [6.45, 7) is 4.29. The molecule has 2 rings (SSSR count). The van der Waals surface area contributed by atoms with E-state index in [1.807, 2.05) is 30.3 Å². The van der Waals surface area contributed by atoms with Crippen molar-refractivity contribution in [2.75, 3.05) is 5.73 Å². The van der Waals surface area contributed by atoms with E-state index in [1.165, 1.54) is 5.56 Å². The van der Waals surface area contributed by atoms with E-state index in [4.69, 9.17) is 15.7 Å². The maximum absolute atomic E-state index is 8.78. The average Bonchev–Trinajstić information content (AvgIpc) is 2.43. The van der Waals surface area contributed by atoms with Crippen molar-refractivity contribution < 1.29 is 4.74 Å². The summed E-state index contributed by atoms with van der Waals surface area (Å²) in [6.07, 6.45) is 0.287. The van der Waals surface area contributed by atoms with Gasteiger partial charge in [-0.3, -0.25) is 0 Å². The molecule has 3 nitrogen and oxygen atoms in total. The van der Waals surface area contributed by atoms with Gasteiger partial charge in [-0.25, -0.2) is 0 Å². The van der Waals surface area contributed by atoms with Gasteiger partial charge in [0.2, 0.25) is 0 Å². The third kappa shape index (κ3) is 3.30. The van der Waals surface area contributed by atoms with Crippen molar-refractivity contribution in [3.05, 3.63) is 53.6 Å². The number of hydrogen-bond donors (Lipinski definition) is 1. The predicted molar refractivity (Wildman–Crippen MR) is 80.8 cm³/mol. The lowest BCUT2D eigenvalue weighted by Crippen LogP contribution is -1.95. The Hall–Kier alpha value is -2.47. The zero-order valence-corrected chi connectivity index (χ0v) is 11.8. The lowest BCUT2D eigenvalue weighted by atomic mass is 10.0. The highest BCUT2D eigenvalue weighted by Crippen LogP contribution is 2.27. The van der Waals surface area contributed by atoms with Gasteiger partial charge in [0, 0.05) is 5.69 Å². The van der Waals surface area contributed by atoms with Crippen LogP contribution in [0.25, 0.3) is 0 Å². The molecule has 2 aromatic carbocycles. The largest absolute Gasteiger partial charge is 0.457 e. The van der Waals surface area contributed by atoms with Crippen LogP contribution in [0.2, 0.25) is 0 Å². The quantitative estimate of drug-likeness (QED) is 0.841. The normalized spacial score (nSPS) is 10.3. The number of nitrogens with zero attached hydrogens (tertiary/aromatic N) is 1. The summed E-state index contributed by atoms with van der Waals surface area (Å²) < 4.78 is 5.85. The number of rotatable bonds is 4. The molecule has 102 valence electrons. The number of anilines is 1. The van der Waals surface area contributed by atoms with Crippen molar-refractivity contribution in [2.24, 2.45) is 0 Å². The molecule has 0 fully saturated rings. The number of ether oxygens (including phenoxy) is 1. The minimum atomic E-state index is 0.287. The van der Waals surface area contributed by atoms with Crippen LogP contribution in [0.3, 0.4) is 0 Å². The fraction of sp³-hybridized carbons (Fsp3) is 0.235. The lowest BCUT2D eigenvalue weighted by Gasteiger charge is -2.11. The molecule has 0 aliphatic heterocycles. The van der Waals surface area contributed by atoms with E-state index in [0.717, 1.165) is 11.3 Å². The molecule has 0 saturated carbocycles. The number of nitrogen functional groups attached to an aromatic ring is 1. The molecule has 0 radical (unpaired) electrons. The van der Waals surface area contributed by atoms with Gasteiger partial charge in [-0.2, -0.15) is 5.26 Å². The van der Waals surface area contributed by atoms with Crippen LogP contribution in [-0.2, 0) is 6.42 Å². The highest BCUT2D eigenvalue weighted by atomic mass is 16.5. The average molecular weight is 266 g/mol. The van der Waals surface area contributed by atoms with Gasteiger partial charge in [-0.15, -0.1) is 0 Å². The van der Waals surface area contributed by atoms with Crippen molar-refractivity contribution in [3.8, 4) is 17.6 Å². The number of benzene rings is 2. The molecule has 2 N–H and O–H groups in total. The van der Waals surface area contributed by atoms with Crippen molar-refractivity contribution in [1.82, 2.24) is 0 Å². The molecule has 0 aliphatic rings. The van der Waals surface area contributed by atoms with Crippen molar-refractivity contribution in [2.45, 2.75) is 26.2 Å². The molecule has 0 saturated heterocycles. The molecule has 0 heterocycles. The van der Waals surface area contributed by atoms with E-state index in [-0.39, 0.29) is 6.42 Å². The van der Waals surface area contributed by atoms with Gasteiger partial charge in [0.15, 0.2) is 0 Å². The van der Waals surface area contributed by atoms with Gasteiger partial charge >= 0.3 is 0 Å². The summed E-state index contributed by atoms with van der Waals surface area (Å²) in [5.74, 6) is 1.95. The number of hydrogen-bond acceptors (Lipinski definition) is 3. The molecule has 3 heteroatoms. The second-order valence-electron chi connectivity index (χ2n) is 5.02. The van der Waals surface area contributed by atoms with Crippen LogP contribution < -0.4 is 10.5 Å². The van der Waals surface area contributed by atoms with E-state index in [2.05, 4.69) is 26.0 Å². The fourth-order valence-corrected chi connectivity index (χ4v) is 1.96. The molecule has 20 heavy (non-hydrogen) atoms. The SMILES string of the molecule is CC(C)c1cccc(Oc2ccc(N)c(CC#N)c2)c1. The third-order valence-corrected chi connectivity index (χ3v) is 3.14. The molecule has 0 aliphatic carbocycles. The van der Waals surface area contributed by atoms with Crippen molar-refractivity contribution >= 4 is 5.69 Å². The van der Waals surface area contributed by atoms with Gasteiger partial charge in [0.25, 0.3) is 0 Å². The van der Waals surface area contributed by atoms with Crippen molar-refractivity contribution in [3.63, 3.8) is 0 Å². The first-order valence-corrected chi connectivity index (χ1v) is 6.63. The smallest absolute Gasteiger partial charge is 0.127 e. The molecular formula is C17H18N2O. The summed E-state index contributed by atoms with van der Waals surface area (Å²) in [5.41, 5.74) is 8.47. The molecule has 0 atom stereocenters. The Morgan fingerprint density at radius 1 is 1.15 bits per heavy atom. The molecule has 0 unspecified atom stereocenters. The summed E-state index contributed by atoms with van der Waals surface area (Å²) in [6, 6.07) is 15.5. The predicted octanol–water partition coefficient (Wildman–Crippen LogP) is 4.25. The highest BCUT2D eigenvalue weighted by Gasteiger charge is 2.05. The van der Waals surface area contributed by atoms with Crippen LogP contribution in [0.4, 0.5) is 5.69 Å². The molecule has 0 amide bonds. The summed E-state index contributed by atoms with van der Waals surface area (Å²) in [4.78, 5) is 0. The summed E-state index contributed by atoms with van der Waals surface area (Å²) >= 11 is 0. The first kappa shape index (κ1) is 14.0. The fourth-order valence-electron chi connectivity index (χ4n) is 1.96. The molecule has 0 bridgehead atoms. The van der Waals surface area contributed by atoms with Crippen LogP contribution in [-0.4, -0.2) is 0 Å². The Labute approximate surface area is 119 Å². The Balaban J connectivity index is 2.24. The monoisotopic (exact) mass is 266 g/mol. The molecule has 2 aromatic rings. The van der Waals surface area contributed by atoms with Gasteiger partial charge in [-0.1, -0.05) is 26.0 Å². The Morgan fingerprint density at radius 3 is 2.60 bits per heavy atom. The summed E-state index contributed by atoms with van der Waals surface area (Å²) in [7, 11) is 0. The maximum atomic E-state index is 8.78. The van der Waals surface area contributed by atoms with Crippen LogP contribution in [0, 0.1) is 11.3 Å². The Morgan fingerprint density at radius 2 is 1.90 bits per heavy atom. The molecule has 0 spiro atoms. The van der Waals surface area contributed by atoms with Crippen LogP contribution >= 0.6 is 0 Å². The topological polar surface area (TPSA) is 59.0 Å². The first-order chi connectivity index (χ1) is 9.60. The van der Waals surface area contributed by atoms with Crippen LogP contribution in [0.1, 0.15) is 30.9 Å². The van der Waals surface area contributed by atoms with Crippen LogP contribution in [0.15, 0.2) is 42.5 Å². The van der Waals surface area contributed by atoms with Crippen molar-refractivity contribution in [1.29, 1.82) is 5.26 Å². The zero-order chi connectivity index (χ0) is 14.5. The van der Waals surface area contributed by atoms with Crippen LogP contribution in [0.5, 0.6) is 11.5 Å². The third-order valence-electron chi connectivity index (χ3n) is 3.14. The van der Waals surface area contributed by atoms with E-state index in [9.17, 15) is 0 Å². The minimum Gasteiger partial charge on any atom is -0.457 e. The number of nitriles is 1. The zero-order valence-electron chi connectivity index (χ0n) is 11.8. The first-order valence-electron chi connectivity index (χ1n) is 6.63. The minimum absolute atomic E-state index is 0.287. The molecular weight excluding hydrogens is 248 g/mol. The Kier molecular flexibility index (Phi) is 4.27. The van der Waals surface area contributed by atoms with Gasteiger partial charge in [0.1, 0.15) is 11.5 Å². The molecule has 0 aromatic heterocycles. The van der Waals surface area contributed by atoms with E-state index < -0.39 is 0 Å². The van der Waals surface area contributed by atoms with Gasteiger partial charge in [0.05, 0.1) is 12.5 Å². The summed E-state index contributed by atoms with van der Waals surface area (Å²) in [5, 5.41) is 8.78. The lowest BCUT2D eigenvalue weighted by molar-refractivity contribution is 0.481. The van der Waals surface area contributed by atoms with E-state index >= 15 is 0 Å². The maximum Gasteiger partial charge on any atom is 0.127 e. The van der Waals surface area contributed by atoms with E-state index in [1.54, 1.807) is 6.07 Å². The van der Waals surface area contributed by atoms with E-state index in [0.29, 0.717) is 17.4 Å². The number of nitrogens with two attached hydrogens (primary N) is 1. The Bertz CT molecular complexity index is 642. The highest BCUT2D eigenvalue weighted by molar-refractivity contribution is 5.52. The van der Waals surface area contributed by atoms with Gasteiger partial charge in [-0.05, 0) is 47.4 Å².